The molecule has 0 radical (unpaired) electrons. The summed E-state index contributed by atoms with van der Waals surface area (Å²) in [6.07, 6.45) is 0.830. The van der Waals surface area contributed by atoms with E-state index in [1.54, 1.807) is 36.4 Å². The molecule has 0 bridgehead atoms. The van der Waals surface area contributed by atoms with Gasteiger partial charge in [-0.1, -0.05) is 30.3 Å². The summed E-state index contributed by atoms with van der Waals surface area (Å²) in [5, 5.41) is 2.80. The molecule has 1 N–H and O–H groups in total. The summed E-state index contributed by atoms with van der Waals surface area (Å²) in [5.41, 5.74) is 2.34. The van der Waals surface area contributed by atoms with Gasteiger partial charge < -0.3 is 14.8 Å². The normalized spacial score (nSPS) is 10.2. The summed E-state index contributed by atoms with van der Waals surface area (Å²) in [4.78, 5) is 24.1. The maximum atomic E-state index is 12.1. The fraction of sp³-hybridized carbons (Fsp3) is 0.167. The minimum atomic E-state index is -0.320. The predicted octanol–water partition coefficient (Wildman–Crippen LogP) is 5.01. The molecule has 0 spiro atoms. The Morgan fingerprint density at radius 1 is 0.862 bits per heavy atom. The first-order valence-electron chi connectivity index (χ1n) is 9.47. The Bertz CT molecular complexity index is 952. The predicted molar refractivity (Wildman–Crippen MR) is 112 cm³/mol. The Morgan fingerprint density at radius 3 is 2.34 bits per heavy atom. The monoisotopic (exact) mass is 389 g/mol. The number of rotatable bonds is 8. The second-order valence-electron chi connectivity index (χ2n) is 6.59. The molecule has 0 fully saturated rings. The van der Waals surface area contributed by atoms with E-state index in [2.05, 4.69) is 5.32 Å². The number of esters is 1. The molecule has 1 amide bonds. The van der Waals surface area contributed by atoms with Crippen LogP contribution in [-0.2, 0) is 4.79 Å². The van der Waals surface area contributed by atoms with Gasteiger partial charge in [-0.3, -0.25) is 9.59 Å². The van der Waals surface area contributed by atoms with Crippen molar-refractivity contribution in [3.63, 3.8) is 0 Å². The molecule has 0 aromatic heterocycles. The van der Waals surface area contributed by atoms with Gasteiger partial charge in [0.1, 0.15) is 11.5 Å². The molecular formula is C24H23NO4. The summed E-state index contributed by atoms with van der Waals surface area (Å²) in [5.74, 6) is 0.724. The van der Waals surface area contributed by atoms with Crippen molar-refractivity contribution in [2.24, 2.45) is 0 Å². The minimum absolute atomic E-state index is 0.191. The van der Waals surface area contributed by atoms with Crippen LogP contribution in [0.5, 0.6) is 11.5 Å². The fourth-order valence-electron chi connectivity index (χ4n) is 2.69. The molecule has 5 heteroatoms. The number of hydrogen-bond donors (Lipinski definition) is 1. The van der Waals surface area contributed by atoms with Crippen molar-refractivity contribution < 1.29 is 19.1 Å². The molecule has 148 valence electrons. The van der Waals surface area contributed by atoms with Gasteiger partial charge in [-0.15, -0.1) is 0 Å². The Kier molecular flexibility index (Phi) is 7.00. The van der Waals surface area contributed by atoms with E-state index in [-0.39, 0.29) is 18.3 Å². The van der Waals surface area contributed by atoms with Crippen LogP contribution in [-0.4, -0.2) is 18.5 Å². The Morgan fingerprint density at radius 2 is 1.62 bits per heavy atom. The lowest BCUT2D eigenvalue weighted by atomic mass is 10.2. The van der Waals surface area contributed by atoms with Crippen LogP contribution in [0, 0.1) is 6.92 Å². The Labute approximate surface area is 170 Å². The number of nitrogens with one attached hydrogen (secondary N) is 1. The molecule has 3 rings (SSSR count). The van der Waals surface area contributed by atoms with Crippen LogP contribution in [0.4, 0.5) is 5.69 Å². The number of carbonyl (C=O) groups is 2. The summed E-state index contributed by atoms with van der Waals surface area (Å²) < 4.78 is 11.0. The first-order valence-corrected chi connectivity index (χ1v) is 9.47. The molecule has 0 aliphatic rings. The molecule has 3 aromatic rings. The van der Waals surface area contributed by atoms with Crippen molar-refractivity contribution in [3.05, 3.63) is 90.0 Å². The van der Waals surface area contributed by atoms with Gasteiger partial charge in [-0.2, -0.15) is 0 Å². The standard InChI is InChI=1S/C24H23NO4/c1-18-7-5-10-22(17-18)28-16-6-11-23(26)29-21-14-12-20(13-15-21)25-24(27)19-8-3-2-4-9-19/h2-5,7-10,12-15,17H,6,11,16H2,1H3,(H,25,27). The zero-order valence-electron chi connectivity index (χ0n) is 16.3. The van der Waals surface area contributed by atoms with Gasteiger partial charge in [0.2, 0.25) is 0 Å². The summed E-state index contributed by atoms with van der Waals surface area (Å²) >= 11 is 0. The zero-order valence-corrected chi connectivity index (χ0v) is 16.3. The Balaban J connectivity index is 1.41. The average molecular weight is 389 g/mol. The molecule has 0 aliphatic carbocycles. The molecule has 0 unspecified atom stereocenters. The third-order valence-electron chi connectivity index (χ3n) is 4.16. The summed E-state index contributed by atoms with van der Waals surface area (Å²) in [6, 6.07) is 23.5. The lowest BCUT2D eigenvalue weighted by Crippen LogP contribution is -2.12. The van der Waals surface area contributed by atoms with E-state index in [1.165, 1.54) is 0 Å². The highest BCUT2D eigenvalue weighted by Crippen LogP contribution is 2.18. The molecular weight excluding hydrogens is 366 g/mol. The molecule has 29 heavy (non-hydrogen) atoms. The van der Waals surface area contributed by atoms with E-state index < -0.39 is 0 Å². The summed E-state index contributed by atoms with van der Waals surface area (Å²) in [6.45, 7) is 2.45. The topological polar surface area (TPSA) is 64.6 Å². The smallest absolute Gasteiger partial charge is 0.311 e. The quantitative estimate of drug-likeness (QED) is 0.334. The molecule has 3 aromatic carbocycles. The first kappa shape index (κ1) is 20.1. The van der Waals surface area contributed by atoms with E-state index >= 15 is 0 Å². The maximum absolute atomic E-state index is 12.1. The van der Waals surface area contributed by atoms with Crippen molar-refractivity contribution in [3.8, 4) is 11.5 Å². The highest BCUT2D eigenvalue weighted by molar-refractivity contribution is 6.04. The first-order chi connectivity index (χ1) is 14.1. The lowest BCUT2D eigenvalue weighted by molar-refractivity contribution is -0.134. The van der Waals surface area contributed by atoms with Crippen LogP contribution < -0.4 is 14.8 Å². The van der Waals surface area contributed by atoms with E-state index in [4.69, 9.17) is 9.47 Å². The van der Waals surface area contributed by atoms with Crippen LogP contribution in [0.2, 0.25) is 0 Å². The number of aryl methyl sites for hydroxylation is 1. The molecule has 5 nitrogen and oxygen atoms in total. The zero-order chi connectivity index (χ0) is 20.5. The van der Waals surface area contributed by atoms with Gasteiger partial charge >= 0.3 is 5.97 Å². The van der Waals surface area contributed by atoms with Crippen molar-refractivity contribution in [1.29, 1.82) is 0 Å². The highest BCUT2D eigenvalue weighted by atomic mass is 16.5. The van der Waals surface area contributed by atoms with Gasteiger partial charge in [0.25, 0.3) is 5.91 Å². The van der Waals surface area contributed by atoms with E-state index in [0.717, 1.165) is 11.3 Å². The fourth-order valence-corrected chi connectivity index (χ4v) is 2.69. The second kappa shape index (κ2) is 10.1. The third kappa shape index (κ3) is 6.50. The molecule has 0 atom stereocenters. The van der Waals surface area contributed by atoms with Gasteiger partial charge in [-0.05, 0) is 67.4 Å². The highest BCUT2D eigenvalue weighted by Gasteiger charge is 2.07. The number of amides is 1. The van der Waals surface area contributed by atoms with Crippen LogP contribution >= 0.6 is 0 Å². The Hall–Kier alpha value is -3.60. The third-order valence-corrected chi connectivity index (χ3v) is 4.16. The van der Waals surface area contributed by atoms with Crippen LogP contribution in [0.3, 0.4) is 0 Å². The van der Waals surface area contributed by atoms with E-state index in [9.17, 15) is 9.59 Å². The van der Waals surface area contributed by atoms with Crippen molar-refractivity contribution in [2.75, 3.05) is 11.9 Å². The van der Waals surface area contributed by atoms with Crippen molar-refractivity contribution in [1.82, 2.24) is 0 Å². The van der Waals surface area contributed by atoms with Crippen LogP contribution in [0.25, 0.3) is 0 Å². The second-order valence-corrected chi connectivity index (χ2v) is 6.59. The van der Waals surface area contributed by atoms with Gasteiger partial charge in [-0.25, -0.2) is 0 Å². The minimum Gasteiger partial charge on any atom is -0.494 e. The number of ether oxygens (including phenoxy) is 2. The SMILES string of the molecule is Cc1cccc(OCCCC(=O)Oc2ccc(NC(=O)c3ccccc3)cc2)c1. The number of benzene rings is 3. The van der Waals surface area contributed by atoms with E-state index in [0.29, 0.717) is 30.0 Å². The van der Waals surface area contributed by atoms with Crippen LogP contribution in [0.1, 0.15) is 28.8 Å². The van der Waals surface area contributed by atoms with Gasteiger partial charge in [0, 0.05) is 17.7 Å². The largest absolute Gasteiger partial charge is 0.494 e. The van der Waals surface area contributed by atoms with Crippen molar-refractivity contribution >= 4 is 17.6 Å². The van der Waals surface area contributed by atoms with E-state index in [1.807, 2.05) is 49.4 Å². The number of carbonyl (C=O) groups excluding carboxylic acids is 2. The summed E-state index contributed by atoms with van der Waals surface area (Å²) in [7, 11) is 0. The maximum Gasteiger partial charge on any atom is 0.311 e. The molecule has 0 heterocycles. The van der Waals surface area contributed by atoms with Gasteiger partial charge in [0.15, 0.2) is 0 Å². The van der Waals surface area contributed by atoms with Gasteiger partial charge in [0.05, 0.1) is 6.61 Å². The molecule has 0 aliphatic heterocycles. The number of hydrogen-bond acceptors (Lipinski definition) is 4. The average Bonchev–Trinajstić information content (AvgIpc) is 2.73. The number of anilines is 1. The van der Waals surface area contributed by atoms with Crippen LogP contribution in [0.15, 0.2) is 78.9 Å². The molecule has 0 saturated heterocycles. The lowest BCUT2D eigenvalue weighted by Gasteiger charge is -2.08. The van der Waals surface area contributed by atoms with Crippen molar-refractivity contribution in [2.45, 2.75) is 19.8 Å². The molecule has 0 saturated carbocycles.